The van der Waals surface area contributed by atoms with Crippen molar-refractivity contribution in [1.29, 1.82) is 0 Å². The number of hydrogen-bond acceptors (Lipinski definition) is 3. The van der Waals surface area contributed by atoms with Gasteiger partial charge in [-0.1, -0.05) is 13.3 Å². The number of nitrogens with zero attached hydrogens (tertiary/aromatic N) is 2. The molecule has 0 unspecified atom stereocenters. The molecule has 0 radical (unpaired) electrons. The van der Waals surface area contributed by atoms with Crippen LogP contribution in [0.25, 0.3) is 0 Å². The Hall–Kier alpha value is -1.09. The molecule has 2 rings (SSSR count). The van der Waals surface area contributed by atoms with E-state index in [1.165, 1.54) is 38.0 Å². The smallest absolute Gasteiger partial charge is 0.0562 e. The summed E-state index contributed by atoms with van der Waals surface area (Å²) in [6, 6.07) is 4.39. The number of hydrogen-bond donors (Lipinski definition) is 1. The minimum Gasteiger partial charge on any atom is -0.371 e. The van der Waals surface area contributed by atoms with Crippen LogP contribution >= 0.6 is 0 Å². The van der Waals surface area contributed by atoms with Crippen LogP contribution in [0.3, 0.4) is 0 Å². The van der Waals surface area contributed by atoms with Crippen molar-refractivity contribution in [3.05, 3.63) is 24.0 Å². The molecule has 0 aromatic carbocycles. The van der Waals surface area contributed by atoms with Crippen LogP contribution in [0.5, 0.6) is 0 Å². The van der Waals surface area contributed by atoms with Gasteiger partial charge in [-0.3, -0.25) is 4.98 Å². The van der Waals surface area contributed by atoms with E-state index < -0.39 is 0 Å². The monoisotopic (exact) mass is 275 g/mol. The van der Waals surface area contributed by atoms with Crippen molar-refractivity contribution >= 4 is 5.69 Å². The van der Waals surface area contributed by atoms with Crippen LogP contribution in [0.1, 0.15) is 52.7 Å². The lowest BCUT2D eigenvalue weighted by molar-refractivity contribution is 0.395. The second kappa shape index (κ2) is 6.57. The van der Waals surface area contributed by atoms with Gasteiger partial charge in [0.05, 0.1) is 5.69 Å². The fourth-order valence-corrected chi connectivity index (χ4v) is 2.71. The molecule has 112 valence electrons. The Morgan fingerprint density at radius 1 is 1.30 bits per heavy atom. The van der Waals surface area contributed by atoms with Gasteiger partial charge in [0.25, 0.3) is 0 Å². The van der Waals surface area contributed by atoms with E-state index >= 15 is 0 Å². The Kier molecular flexibility index (Phi) is 5.03. The number of pyridine rings is 1. The Labute approximate surface area is 123 Å². The normalized spacial score (nSPS) is 17.5. The van der Waals surface area contributed by atoms with Gasteiger partial charge in [0.2, 0.25) is 0 Å². The van der Waals surface area contributed by atoms with Gasteiger partial charge >= 0.3 is 0 Å². The van der Waals surface area contributed by atoms with Crippen molar-refractivity contribution in [2.75, 3.05) is 18.0 Å². The van der Waals surface area contributed by atoms with Gasteiger partial charge in [0.15, 0.2) is 0 Å². The van der Waals surface area contributed by atoms with Gasteiger partial charge in [-0.15, -0.1) is 0 Å². The molecule has 1 N–H and O–H groups in total. The molecule has 0 atom stereocenters. The molecular weight excluding hydrogens is 246 g/mol. The number of rotatable bonds is 4. The summed E-state index contributed by atoms with van der Waals surface area (Å²) >= 11 is 0. The maximum Gasteiger partial charge on any atom is 0.0562 e. The van der Waals surface area contributed by atoms with E-state index in [2.05, 4.69) is 55.0 Å². The second-order valence-corrected chi connectivity index (χ2v) is 6.95. The SMILES string of the molecule is CCC1CCN(c2ccnc(CNC(C)(C)C)c2)CC1. The average Bonchev–Trinajstić information content (AvgIpc) is 2.45. The molecular formula is C17H29N3. The first-order chi connectivity index (χ1) is 9.48. The number of piperidine rings is 1. The fraction of sp³-hybridized carbons (Fsp3) is 0.706. The van der Waals surface area contributed by atoms with Crippen LogP contribution in [0.15, 0.2) is 18.3 Å². The van der Waals surface area contributed by atoms with Crippen LogP contribution in [-0.2, 0) is 6.54 Å². The van der Waals surface area contributed by atoms with E-state index in [1.807, 2.05) is 6.20 Å². The van der Waals surface area contributed by atoms with Gasteiger partial charge < -0.3 is 10.2 Å². The summed E-state index contributed by atoms with van der Waals surface area (Å²) in [7, 11) is 0. The van der Waals surface area contributed by atoms with E-state index in [0.29, 0.717) is 0 Å². The first-order valence-electron chi connectivity index (χ1n) is 7.93. The summed E-state index contributed by atoms with van der Waals surface area (Å²) < 4.78 is 0. The van der Waals surface area contributed by atoms with Crippen LogP contribution in [0.4, 0.5) is 5.69 Å². The highest BCUT2D eigenvalue weighted by Crippen LogP contribution is 2.25. The molecule has 1 aromatic heterocycles. The molecule has 0 amide bonds. The average molecular weight is 275 g/mol. The summed E-state index contributed by atoms with van der Waals surface area (Å²) in [6.07, 6.45) is 5.93. The van der Waals surface area contributed by atoms with Gasteiger partial charge in [-0.2, -0.15) is 0 Å². The zero-order valence-electron chi connectivity index (χ0n) is 13.4. The second-order valence-electron chi connectivity index (χ2n) is 6.95. The number of nitrogens with one attached hydrogen (secondary N) is 1. The van der Waals surface area contributed by atoms with Crippen molar-refractivity contribution in [2.24, 2.45) is 5.92 Å². The highest BCUT2D eigenvalue weighted by molar-refractivity contribution is 5.46. The summed E-state index contributed by atoms with van der Waals surface area (Å²) in [5, 5.41) is 3.50. The molecule has 20 heavy (non-hydrogen) atoms. The van der Waals surface area contributed by atoms with Crippen LogP contribution in [0.2, 0.25) is 0 Å². The maximum atomic E-state index is 4.48. The van der Waals surface area contributed by atoms with Gasteiger partial charge in [0, 0.05) is 37.1 Å². The lowest BCUT2D eigenvalue weighted by Crippen LogP contribution is -2.36. The summed E-state index contributed by atoms with van der Waals surface area (Å²) in [5.74, 6) is 0.926. The third-order valence-corrected chi connectivity index (χ3v) is 4.16. The minimum atomic E-state index is 0.136. The first-order valence-corrected chi connectivity index (χ1v) is 7.93. The van der Waals surface area contributed by atoms with Crippen molar-refractivity contribution in [1.82, 2.24) is 10.3 Å². The lowest BCUT2D eigenvalue weighted by atomic mass is 9.94. The Balaban J connectivity index is 1.96. The quantitative estimate of drug-likeness (QED) is 0.910. The zero-order valence-corrected chi connectivity index (χ0v) is 13.4. The van der Waals surface area contributed by atoms with E-state index in [1.54, 1.807) is 0 Å². The van der Waals surface area contributed by atoms with E-state index in [4.69, 9.17) is 0 Å². The van der Waals surface area contributed by atoms with Crippen molar-refractivity contribution in [3.8, 4) is 0 Å². The molecule has 1 saturated heterocycles. The van der Waals surface area contributed by atoms with Crippen molar-refractivity contribution in [3.63, 3.8) is 0 Å². The number of anilines is 1. The standard InChI is InChI=1S/C17H29N3/c1-5-14-7-10-20(11-8-14)16-6-9-18-15(12-16)13-19-17(2,3)4/h6,9,12,14,19H,5,7-8,10-11,13H2,1-4H3. The van der Waals surface area contributed by atoms with Crippen LogP contribution < -0.4 is 10.2 Å². The van der Waals surface area contributed by atoms with E-state index in [-0.39, 0.29) is 5.54 Å². The van der Waals surface area contributed by atoms with Crippen LogP contribution in [0, 0.1) is 5.92 Å². The van der Waals surface area contributed by atoms with Crippen molar-refractivity contribution in [2.45, 2.75) is 59.0 Å². The highest BCUT2D eigenvalue weighted by Gasteiger charge is 2.18. The molecule has 1 fully saturated rings. The molecule has 0 saturated carbocycles. The third kappa shape index (κ3) is 4.48. The minimum absolute atomic E-state index is 0.136. The largest absolute Gasteiger partial charge is 0.371 e. The Bertz CT molecular complexity index is 414. The van der Waals surface area contributed by atoms with Gasteiger partial charge in [-0.05, 0) is 51.7 Å². The molecule has 1 aliphatic heterocycles. The van der Waals surface area contributed by atoms with Gasteiger partial charge in [-0.25, -0.2) is 0 Å². The van der Waals surface area contributed by atoms with E-state index in [0.717, 1.165) is 18.2 Å². The molecule has 2 heterocycles. The predicted molar refractivity (Wildman–Crippen MR) is 86.1 cm³/mol. The number of aromatic nitrogens is 1. The zero-order chi connectivity index (χ0) is 14.6. The molecule has 0 bridgehead atoms. The van der Waals surface area contributed by atoms with Gasteiger partial charge in [0.1, 0.15) is 0 Å². The molecule has 1 aromatic rings. The molecule has 1 aliphatic rings. The fourth-order valence-electron chi connectivity index (χ4n) is 2.71. The molecule has 0 spiro atoms. The lowest BCUT2D eigenvalue weighted by Gasteiger charge is -2.33. The first kappa shape index (κ1) is 15.3. The summed E-state index contributed by atoms with van der Waals surface area (Å²) in [6.45, 7) is 12.1. The molecule has 3 heteroatoms. The highest BCUT2D eigenvalue weighted by atomic mass is 15.1. The maximum absolute atomic E-state index is 4.48. The Morgan fingerprint density at radius 3 is 2.60 bits per heavy atom. The van der Waals surface area contributed by atoms with Crippen molar-refractivity contribution < 1.29 is 0 Å². The third-order valence-electron chi connectivity index (χ3n) is 4.16. The molecule has 0 aliphatic carbocycles. The van der Waals surface area contributed by atoms with E-state index in [9.17, 15) is 0 Å². The molecule has 3 nitrogen and oxygen atoms in total. The Morgan fingerprint density at radius 2 is 2.00 bits per heavy atom. The summed E-state index contributed by atoms with van der Waals surface area (Å²) in [5.41, 5.74) is 2.60. The topological polar surface area (TPSA) is 28.2 Å². The summed E-state index contributed by atoms with van der Waals surface area (Å²) in [4.78, 5) is 6.99. The predicted octanol–water partition coefficient (Wildman–Crippen LogP) is 3.60. The van der Waals surface area contributed by atoms with Crippen LogP contribution in [-0.4, -0.2) is 23.6 Å².